The average molecular weight is 284 g/mol. The average Bonchev–Trinajstić information content (AvgIpc) is 2.36. The maximum Gasteiger partial charge on any atom is 0.345 e. The molecule has 0 fully saturated rings. The Kier molecular flexibility index (Phi) is 4.63. The van der Waals surface area contributed by atoms with E-state index in [9.17, 15) is 9.90 Å². The van der Waals surface area contributed by atoms with Gasteiger partial charge in [-0.15, -0.1) is 0 Å². The van der Waals surface area contributed by atoms with Gasteiger partial charge in [0.25, 0.3) is 0 Å². The molecule has 0 heterocycles. The van der Waals surface area contributed by atoms with Crippen molar-refractivity contribution >= 4 is 5.97 Å². The summed E-state index contributed by atoms with van der Waals surface area (Å²) >= 11 is 0. The molecule has 0 saturated carbocycles. The van der Waals surface area contributed by atoms with E-state index in [1.807, 2.05) is 51.1 Å². The van der Waals surface area contributed by atoms with Crippen molar-refractivity contribution in [3.05, 3.63) is 64.7 Å². The fourth-order valence-electron chi connectivity index (χ4n) is 2.43. The summed E-state index contributed by atoms with van der Waals surface area (Å²) in [5.41, 5.74) is 4.28. The topological polar surface area (TPSA) is 46.5 Å². The smallest absolute Gasteiger partial charge is 0.345 e. The zero-order chi connectivity index (χ0) is 15.4. The Labute approximate surface area is 125 Å². The highest BCUT2D eigenvalue weighted by Gasteiger charge is 2.20. The van der Waals surface area contributed by atoms with E-state index in [1.54, 1.807) is 6.07 Å². The Morgan fingerprint density at radius 3 is 2.29 bits per heavy atom. The van der Waals surface area contributed by atoms with E-state index in [0.717, 1.165) is 22.3 Å². The van der Waals surface area contributed by atoms with E-state index in [1.165, 1.54) is 0 Å². The molecule has 0 aliphatic carbocycles. The number of aryl methyl sites for hydroxylation is 3. The maximum absolute atomic E-state index is 11.4. The number of rotatable bonds is 5. The molecule has 2 rings (SSSR count). The minimum Gasteiger partial charge on any atom is -0.478 e. The fourth-order valence-corrected chi connectivity index (χ4v) is 2.43. The van der Waals surface area contributed by atoms with Crippen molar-refractivity contribution in [3.8, 4) is 5.75 Å². The molecule has 0 spiro atoms. The molecule has 0 aliphatic rings. The maximum atomic E-state index is 11.4. The molecule has 0 radical (unpaired) electrons. The molecule has 0 aliphatic heterocycles. The van der Waals surface area contributed by atoms with E-state index in [0.29, 0.717) is 12.2 Å². The predicted octanol–water partition coefficient (Wildman–Crippen LogP) is 3.69. The molecule has 110 valence electrons. The molecule has 1 N–H and O–H groups in total. The van der Waals surface area contributed by atoms with Crippen LogP contribution in [0.5, 0.6) is 5.75 Å². The van der Waals surface area contributed by atoms with E-state index < -0.39 is 12.1 Å². The first-order valence-electron chi connectivity index (χ1n) is 6.97. The molecular weight excluding hydrogens is 264 g/mol. The molecule has 3 heteroatoms. The summed E-state index contributed by atoms with van der Waals surface area (Å²) in [5, 5.41) is 9.38. The quantitative estimate of drug-likeness (QED) is 0.911. The van der Waals surface area contributed by atoms with Crippen molar-refractivity contribution in [1.82, 2.24) is 0 Å². The summed E-state index contributed by atoms with van der Waals surface area (Å²) in [6.45, 7) is 5.97. The predicted molar refractivity (Wildman–Crippen MR) is 82.9 cm³/mol. The number of carboxylic acid groups (broad SMARTS) is 1. The molecule has 1 atom stereocenters. The van der Waals surface area contributed by atoms with Gasteiger partial charge in [0.05, 0.1) is 0 Å². The number of aliphatic carboxylic acids is 1. The second-order valence-corrected chi connectivity index (χ2v) is 5.46. The largest absolute Gasteiger partial charge is 0.478 e. The Hall–Kier alpha value is -2.29. The molecular formula is C18H20O3. The van der Waals surface area contributed by atoms with Crippen LogP contribution in [0.1, 0.15) is 22.3 Å². The van der Waals surface area contributed by atoms with Gasteiger partial charge in [-0.1, -0.05) is 41.5 Å². The van der Waals surface area contributed by atoms with Crippen molar-refractivity contribution < 1.29 is 14.6 Å². The van der Waals surface area contributed by atoms with Gasteiger partial charge in [-0.25, -0.2) is 4.79 Å². The Morgan fingerprint density at radius 2 is 1.71 bits per heavy atom. The SMILES string of the molecule is Cc1cc(C)cc(C[C@H](Oc2cccc(C)c2)C(=O)O)c1. The van der Waals surface area contributed by atoms with Crippen molar-refractivity contribution in [2.24, 2.45) is 0 Å². The Bertz CT molecular complexity index is 626. The van der Waals surface area contributed by atoms with Gasteiger partial charge in [0.2, 0.25) is 0 Å². The second-order valence-electron chi connectivity index (χ2n) is 5.46. The van der Waals surface area contributed by atoms with Gasteiger partial charge in [-0.2, -0.15) is 0 Å². The van der Waals surface area contributed by atoms with Crippen LogP contribution in [0, 0.1) is 20.8 Å². The molecule has 0 saturated heterocycles. The molecule has 2 aromatic carbocycles. The summed E-state index contributed by atoms with van der Waals surface area (Å²) in [5.74, 6) is -0.359. The lowest BCUT2D eigenvalue weighted by atomic mass is 10.0. The van der Waals surface area contributed by atoms with E-state index in [2.05, 4.69) is 6.07 Å². The molecule has 0 amide bonds. The second kappa shape index (κ2) is 6.44. The van der Waals surface area contributed by atoms with Gasteiger partial charge < -0.3 is 9.84 Å². The van der Waals surface area contributed by atoms with Gasteiger partial charge in [0.15, 0.2) is 6.10 Å². The van der Waals surface area contributed by atoms with Crippen molar-refractivity contribution in [2.75, 3.05) is 0 Å². The highest BCUT2D eigenvalue weighted by Crippen LogP contribution is 2.18. The Balaban J connectivity index is 2.17. The van der Waals surface area contributed by atoms with Gasteiger partial charge >= 0.3 is 5.97 Å². The van der Waals surface area contributed by atoms with Crippen molar-refractivity contribution in [1.29, 1.82) is 0 Å². The van der Waals surface area contributed by atoms with Crippen LogP contribution >= 0.6 is 0 Å². The van der Waals surface area contributed by atoms with E-state index in [-0.39, 0.29) is 0 Å². The lowest BCUT2D eigenvalue weighted by molar-refractivity contribution is -0.145. The van der Waals surface area contributed by atoms with Crippen molar-refractivity contribution in [3.63, 3.8) is 0 Å². The number of hydrogen-bond acceptors (Lipinski definition) is 2. The van der Waals surface area contributed by atoms with E-state index >= 15 is 0 Å². The van der Waals surface area contributed by atoms with Gasteiger partial charge in [0, 0.05) is 6.42 Å². The summed E-state index contributed by atoms with van der Waals surface area (Å²) in [7, 11) is 0. The standard InChI is InChI=1S/C18H20O3/c1-12-5-4-6-16(10-12)21-17(18(19)20)11-15-8-13(2)7-14(3)9-15/h4-10,17H,11H2,1-3H3,(H,19,20)/t17-/m0/s1. The summed E-state index contributed by atoms with van der Waals surface area (Å²) < 4.78 is 5.64. The first-order valence-corrected chi connectivity index (χ1v) is 6.97. The highest BCUT2D eigenvalue weighted by atomic mass is 16.5. The lowest BCUT2D eigenvalue weighted by Gasteiger charge is -2.16. The summed E-state index contributed by atoms with van der Waals surface area (Å²) in [6.07, 6.45) is -0.529. The zero-order valence-corrected chi connectivity index (χ0v) is 12.6. The molecule has 0 aromatic heterocycles. The summed E-state index contributed by atoms with van der Waals surface area (Å²) in [6, 6.07) is 13.5. The third-order valence-electron chi connectivity index (χ3n) is 3.25. The van der Waals surface area contributed by atoms with Gasteiger partial charge in [0.1, 0.15) is 5.75 Å². The lowest BCUT2D eigenvalue weighted by Crippen LogP contribution is -2.29. The van der Waals surface area contributed by atoms with Crippen LogP contribution in [0.15, 0.2) is 42.5 Å². The molecule has 2 aromatic rings. The van der Waals surface area contributed by atoms with Crippen LogP contribution < -0.4 is 4.74 Å². The monoisotopic (exact) mass is 284 g/mol. The number of carbonyl (C=O) groups is 1. The minimum atomic E-state index is -0.948. The highest BCUT2D eigenvalue weighted by molar-refractivity contribution is 5.73. The first kappa shape index (κ1) is 15.1. The third-order valence-corrected chi connectivity index (χ3v) is 3.25. The van der Waals surface area contributed by atoms with Gasteiger partial charge in [-0.05, 0) is 44.0 Å². The van der Waals surface area contributed by atoms with Crippen molar-refractivity contribution in [2.45, 2.75) is 33.3 Å². The van der Waals surface area contributed by atoms with E-state index in [4.69, 9.17) is 4.74 Å². The number of benzene rings is 2. The molecule has 3 nitrogen and oxygen atoms in total. The first-order chi connectivity index (χ1) is 9.94. The zero-order valence-electron chi connectivity index (χ0n) is 12.6. The van der Waals surface area contributed by atoms with Crippen LogP contribution in [0.3, 0.4) is 0 Å². The minimum absolute atomic E-state index is 0.353. The number of hydrogen-bond donors (Lipinski definition) is 1. The van der Waals surface area contributed by atoms with Gasteiger partial charge in [-0.3, -0.25) is 0 Å². The molecule has 21 heavy (non-hydrogen) atoms. The van der Waals surface area contributed by atoms with Crippen LogP contribution in [-0.2, 0) is 11.2 Å². The Morgan fingerprint density at radius 1 is 1.05 bits per heavy atom. The van der Waals surface area contributed by atoms with Crippen LogP contribution in [0.25, 0.3) is 0 Å². The normalized spacial score (nSPS) is 12.0. The number of carboxylic acids is 1. The molecule has 0 bridgehead atoms. The summed E-state index contributed by atoms with van der Waals surface area (Å²) in [4.78, 5) is 11.4. The number of ether oxygens (including phenoxy) is 1. The van der Waals surface area contributed by atoms with Crippen LogP contribution in [0.4, 0.5) is 0 Å². The van der Waals surface area contributed by atoms with Crippen LogP contribution in [0.2, 0.25) is 0 Å². The van der Waals surface area contributed by atoms with Crippen LogP contribution in [-0.4, -0.2) is 17.2 Å². The fraction of sp³-hybridized carbons (Fsp3) is 0.278. The third kappa shape index (κ3) is 4.35. The molecule has 0 unspecified atom stereocenters.